The lowest BCUT2D eigenvalue weighted by Crippen LogP contribution is -2.01. The molecule has 3 aromatic rings. The third-order valence-electron chi connectivity index (χ3n) is 3.83. The van der Waals surface area contributed by atoms with Crippen molar-refractivity contribution >= 4 is 16.7 Å². The van der Waals surface area contributed by atoms with Gasteiger partial charge in [0.25, 0.3) is 0 Å². The number of methoxy groups -OCH3 is 1. The summed E-state index contributed by atoms with van der Waals surface area (Å²) in [5, 5.41) is 4.34. The molecular weight excluding hydrogens is 324 g/mol. The van der Waals surface area contributed by atoms with E-state index in [-0.39, 0.29) is 0 Å². The topological polar surface area (TPSA) is 76.0 Å². The number of nitrogens with two attached hydrogens (primary N) is 1. The molecule has 0 fully saturated rings. The van der Waals surface area contributed by atoms with E-state index in [0.717, 1.165) is 33.6 Å². The molecule has 3 rings (SSSR count). The molecule has 2 aromatic heterocycles. The second-order valence-electron chi connectivity index (χ2n) is 5.49. The number of rotatable bonds is 5. The lowest BCUT2D eigenvalue weighted by atomic mass is 10.0. The summed E-state index contributed by atoms with van der Waals surface area (Å²) in [6.45, 7) is 4.63. The van der Waals surface area contributed by atoms with Crippen LogP contribution in [-0.2, 0) is 0 Å². The van der Waals surface area contributed by atoms with Crippen molar-refractivity contribution in [2.75, 3.05) is 19.0 Å². The number of hydrogen-bond acceptors (Lipinski definition) is 4. The summed E-state index contributed by atoms with van der Waals surface area (Å²) >= 11 is 0. The summed E-state index contributed by atoms with van der Waals surface area (Å²) in [5.41, 5.74) is 8.58. The smallest absolute Gasteiger partial charge is 0.136 e. The minimum Gasteiger partial charge on any atom is -0.497 e. The molecule has 1 aromatic carbocycles. The number of fused-ring (bicyclic) bond motifs is 1. The molecule has 0 amide bonds. The van der Waals surface area contributed by atoms with Crippen LogP contribution in [0.3, 0.4) is 0 Å². The van der Waals surface area contributed by atoms with Crippen molar-refractivity contribution in [1.29, 1.82) is 0 Å². The molecule has 0 atom stereocenters. The molecule has 0 aliphatic rings. The first kappa shape index (κ1) is 19.1. The van der Waals surface area contributed by atoms with Gasteiger partial charge < -0.3 is 20.8 Å². The Bertz CT molecular complexity index is 877. The highest BCUT2D eigenvalue weighted by molar-refractivity contribution is 6.02. The molecule has 4 N–H and O–H groups in total. The zero-order valence-corrected chi connectivity index (χ0v) is 15.5. The molecule has 0 aliphatic heterocycles. The van der Waals surface area contributed by atoms with Gasteiger partial charge >= 0.3 is 0 Å². The summed E-state index contributed by atoms with van der Waals surface area (Å²) in [6.07, 6.45) is 11.1. The van der Waals surface area contributed by atoms with Crippen molar-refractivity contribution < 1.29 is 4.74 Å². The Hall–Kier alpha value is -3.21. The number of H-pyrrole nitrogens is 1. The maximum Gasteiger partial charge on any atom is 0.136 e. The van der Waals surface area contributed by atoms with Crippen molar-refractivity contribution in [2.24, 2.45) is 5.73 Å². The van der Waals surface area contributed by atoms with Crippen LogP contribution in [0.5, 0.6) is 5.75 Å². The minimum atomic E-state index is 0.630. The lowest BCUT2D eigenvalue weighted by Gasteiger charge is -2.08. The number of hydrogen-bond donors (Lipinski definition) is 3. The number of nitrogens with one attached hydrogen (secondary N) is 2. The molecular formula is C21H26N4O. The van der Waals surface area contributed by atoms with Crippen LogP contribution in [-0.4, -0.2) is 23.6 Å². The summed E-state index contributed by atoms with van der Waals surface area (Å²) in [5.74, 6) is 1.66. The third-order valence-corrected chi connectivity index (χ3v) is 3.83. The van der Waals surface area contributed by atoms with Gasteiger partial charge in [0.1, 0.15) is 11.6 Å². The number of nitrogens with zero attached hydrogens (tertiary/aromatic N) is 1. The third kappa shape index (κ3) is 4.66. The van der Waals surface area contributed by atoms with Gasteiger partial charge in [0.05, 0.1) is 12.6 Å². The molecule has 0 bridgehead atoms. The standard InChI is InChI=1S/C17H18N4O.C4H8/c1-22-13-5-2-4-12(10-13)14-11-21-15-6-9-20-17(16(14)15)19-8-3-7-18;1-3-4-2/h2-7,9-11,21H,8,18H2,1H3,(H,19,20);3-4H,1-2H3/b7-3+;4-3-. The molecule has 5 heteroatoms. The Balaban J connectivity index is 0.000000552. The van der Waals surface area contributed by atoms with Crippen LogP contribution < -0.4 is 15.8 Å². The van der Waals surface area contributed by atoms with Crippen LogP contribution in [0.25, 0.3) is 22.0 Å². The van der Waals surface area contributed by atoms with E-state index in [1.165, 1.54) is 6.20 Å². The van der Waals surface area contributed by atoms with Gasteiger partial charge in [-0.25, -0.2) is 4.98 Å². The number of pyridine rings is 1. The van der Waals surface area contributed by atoms with E-state index in [1.54, 1.807) is 13.3 Å². The number of allylic oxidation sites excluding steroid dienone is 2. The van der Waals surface area contributed by atoms with Crippen molar-refractivity contribution in [3.63, 3.8) is 0 Å². The fraction of sp³-hybridized carbons (Fsp3) is 0.190. The van der Waals surface area contributed by atoms with Crippen LogP contribution in [0.4, 0.5) is 5.82 Å². The van der Waals surface area contributed by atoms with Crippen molar-refractivity contribution in [3.05, 3.63) is 67.2 Å². The van der Waals surface area contributed by atoms with E-state index in [2.05, 4.69) is 21.4 Å². The first-order valence-corrected chi connectivity index (χ1v) is 8.53. The molecule has 0 saturated carbocycles. The molecule has 2 heterocycles. The SMILES string of the molecule is C/C=C\C.COc1cccc(-c2c[nH]c3ccnc(NC/C=C/N)c23)c1. The summed E-state index contributed by atoms with van der Waals surface area (Å²) in [6, 6.07) is 9.94. The second-order valence-corrected chi connectivity index (χ2v) is 5.49. The van der Waals surface area contributed by atoms with Gasteiger partial charge in [-0.3, -0.25) is 0 Å². The Morgan fingerprint density at radius 3 is 2.73 bits per heavy atom. The Morgan fingerprint density at radius 2 is 2.04 bits per heavy atom. The van der Waals surface area contributed by atoms with Gasteiger partial charge in [-0.15, -0.1) is 0 Å². The molecule has 5 nitrogen and oxygen atoms in total. The molecule has 136 valence electrons. The largest absolute Gasteiger partial charge is 0.497 e. The monoisotopic (exact) mass is 350 g/mol. The van der Waals surface area contributed by atoms with Crippen LogP contribution >= 0.6 is 0 Å². The highest BCUT2D eigenvalue weighted by atomic mass is 16.5. The predicted molar refractivity (Wildman–Crippen MR) is 110 cm³/mol. The molecule has 0 unspecified atom stereocenters. The number of ether oxygens (including phenoxy) is 1. The average Bonchev–Trinajstić information content (AvgIpc) is 3.13. The van der Waals surface area contributed by atoms with Gasteiger partial charge in [-0.2, -0.15) is 0 Å². The molecule has 0 aliphatic carbocycles. The van der Waals surface area contributed by atoms with E-state index < -0.39 is 0 Å². The number of anilines is 1. The van der Waals surface area contributed by atoms with Crippen molar-refractivity contribution in [3.8, 4) is 16.9 Å². The predicted octanol–water partition coefficient (Wildman–Crippen LogP) is 4.71. The van der Waals surface area contributed by atoms with Crippen LogP contribution in [0.1, 0.15) is 13.8 Å². The molecule has 0 radical (unpaired) electrons. The molecule has 0 spiro atoms. The number of benzene rings is 1. The lowest BCUT2D eigenvalue weighted by molar-refractivity contribution is 0.415. The van der Waals surface area contributed by atoms with Crippen molar-refractivity contribution in [1.82, 2.24) is 9.97 Å². The van der Waals surface area contributed by atoms with E-state index in [1.807, 2.05) is 62.5 Å². The highest BCUT2D eigenvalue weighted by Crippen LogP contribution is 2.34. The zero-order chi connectivity index (χ0) is 18.8. The van der Waals surface area contributed by atoms with Gasteiger partial charge in [0, 0.05) is 29.9 Å². The van der Waals surface area contributed by atoms with Crippen molar-refractivity contribution in [2.45, 2.75) is 13.8 Å². The summed E-state index contributed by atoms with van der Waals surface area (Å²) in [4.78, 5) is 7.73. The minimum absolute atomic E-state index is 0.630. The summed E-state index contributed by atoms with van der Waals surface area (Å²) < 4.78 is 5.31. The molecule has 26 heavy (non-hydrogen) atoms. The maximum atomic E-state index is 5.38. The molecule has 0 saturated heterocycles. The van der Waals surface area contributed by atoms with Crippen LogP contribution in [0, 0.1) is 0 Å². The van der Waals surface area contributed by atoms with Gasteiger partial charge in [0.15, 0.2) is 0 Å². The Morgan fingerprint density at radius 1 is 1.23 bits per heavy atom. The van der Waals surface area contributed by atoms with Gasteiger partial charge in [0.2, 0.25) is 0 Å². The fourth-order valence-corrected chi connectivity index (χ4v) is 2.45. The van der Waals surface area contributed by atoms with E-state index in [4.69, 9.17) is 10.5 Å². The normalized spacial score (nSPS) is 10.9. The Kier molecular flexibility index (Phi) is 7.31. The first-order valence-electron chi connectivity index (χ1n) is 8.53. The number of aromatic amines is 1. The highest BCUT2D eigenvalue weighted by Gasteiger charge is 2.11. The van der Waals surface area contributed by atoms with Crippen LogP contribution in [0.15, 0.2) is 67.2 Å². The average molecular weight is 350 g/mol. The van der Waals surface area contributed by atoms with E-state index >= 15 is 0 Å². The zero-order valence-electron chi connectivity index (χ0n) is 15.5. The van der Waals surface area contributed by atoms with Gasteiger partial charge in [-0.05, 0) is 49.9 Å². The van der Waals surface area contributed by atoms with E-state index in [9.17, 15) is 0 Å². The maximum absolute atomic E-state index is 5.38. The second kappa shape index (κ2) is 9.93. The van der Waals surface area contributed by atoms with Crippen LogP contribution in [0.2, 0.25) is 0 Å². The van der Waals surface area contributed by atoms with E-state index in [0.29, 0.717) is 6.54 Å². The quantitative estimate of drug-likeness (QED) is 0.583. The first-order chi connectivity index (χ1) is 12.7. The summed E-state index contributed by atoms with van der Waals surface area (Å²) in [7, 11) is 1.67. The fourth-order valence-electron chi connectivity index (χ4n) is 2.45. The Labute approximate surface area is 154 Å². The van der Waals surface area contributed by atoms with Gasteiger partial charge in [-0.1, -0.05) is 24.3 Å². The number of aromatic nitrogens is 2.